The Morgan fingerprint density at radius 2 is 1.75 bits per heavy atom. The first-order valence-electron chi connectivity index (χ1n) is 3.70. The van der Waals surface area contributed by atoms with Crippen LogP contribution in [0, 0.1) is 0 Å². The van der Waals surface area contributed by atoms with Crippen LogP contribution in [0.5, 0.6) is 0 Å². The van der Waals surface area contributed by atoms with Gasteiger partial charge in [-0.2, -0.15) is 0 Å². The summed E-state index contributed by atoms with van der Waals surface area (Å²) >= 11 is 0. The van der Waals surface area contributed by atoms with Gasteiger partial charge in [0.05, 0.1) is 6.61 Å². The van der Waals surface area contributed by atoms with Crippen molar-refractivity contribution in [2.75, 3.05) is 6.61 Å². The van der Waals surface area contributed by atoms with Crippen molar-refractivity contribution < 1.29 is 43.6 Å². The van der Waals surface area contributed by atoms with E-state index in [1.165, 1.54) is 0 Å². The second-order valence-electron chi connectivity index (χ2n) is 3.39. The van der Waals surface area contributed by atoms with Crippen LogP contribution in [0.15, 0.2) is 0 Å². The molecular formula is C6H17NaO3SSi. The van der Waals surface area contributed by atoms with Crippen molar-refractivity contribution >= 4 is 16.8 Å². The molecule has 0 radical (unpaired) electrons. The van der Waals surface area contributed by atoms with Gasteiger partial charge in [0.15, 0.2) is 0 Å². The molecule has 0 amide bonds. The van der Waals surface area contributed by atoms with Crippen molar-refractivity contribution in [3.8, 4) is 0 Å². The Kier molecular flexibility index (Phi) is 7.50. The topological polar surface area (TPSA) is 43.4 Å². The molecule has 3 nitrogen and oxygen atoms in total. The SMILES string of the molecule is CCCOS(=O)(=O)[Si](C)(C)C.[H-].[Na+]. The second-order valence-corrected chi connectivity index (χ2v) is 13.9. The van der Waals surface area contributed by atoms with Crippen LogP contribution in [0.25, 0.3) is 0 Å². The van der Waals surface area contributed by atoms with Crippen molar-refractivity contribution in [2.24, 2.45) is 0 Å². The fraction of sp³-hybridized carbons (Fsp3) is 1.00. The summed E-state index contributed by atoms with van der Waals surface area (Å²) in [4.78, 5) is 0. The fourth-order valence-corrected chi connectivity index (χ4v) is 2.42. The predicted octanol–water partition coefficient (Wildman–Crippen LogP) is -1.31. The molecule has 0 aromatic carbocycles. The molecule has 0 aromatic rings. The summed E-state index contributed by atoms with van der Waals surface area (Å²) in [5.74, 6) is 0. The first kappa shape index (κ1) is 15.6. The van der Waals surface area contributed by atoms with E-state index in [-0.39, 0.29) is 31.0 Å². The fourth-order valence-electron chi connectivity index (χ4n) is 0.370. The summed E-state index contributed by atoms with van der Waals surface area (Å²) in [6, 6.07) is 0. The van der Waals surface area contributed by atoms with E-state index in [2.05, 4.69) is 0 Å². The van der Waals surface area contributed by atoms with E-state index in [1.54, 1.807) is 19.6 Å². The van der Waals surface area contributed by atoms with Gasteiger partial charge in [-0.05, 0) is 6.42 Å². The van der Waals surface area contributed by atoms with E-state index < -0.39 is 16.8 Å². The molecule has 0 N–H and O–H groups in total. The van der Waals surface area contributed by atoms with Gasteiger partial charge < -0.3 is 1.43 Å². The number of rotatable bonds is 4. The quantitative estimate of drug-likeness (QED) is 0.553. The van der Waals surface area contributed by atoms with E-state index in [4.69, 9.17) is 4.18 Å². The summed E-state index contributed by atoms with van der Waals surface area (Å²) in [6.45, 7) is 7.49. The molecule has 70 valence electrons. The molecule has 0 aliphatic rings. The summed E-state index contributed by atoms with van der Waals surface area (Å²) < 4.78 is 27.3. The molecule has 0 heterocycles. The smallest absolute Gasteiger partial charge is 1.00 e. The average molecular weight is 220 g/mol. The van der Waals surface area contributed by atoms with Gasteiger partial charge in [-0.25, -0.2) is 8.42 Å². The molecule has 0 aliphatic heterocycles. The van der Waals surface area contributed by atoms with Crippen molar-refractivity contribution in [3.05, 3.63) is 0 Å². The van der Waals surface area contributed by atoms with Crippen LogP contribution in [0.2, 0.25) is 19.6 Å². The van der Waals surface area contributed by atoms with Crippen LogP contribution in [-0.2, 0) is 13.8 Å². The van der Waals surface area contributed by atoms with E-state index in [0.717, 1.165) is 6.42 Å². The van der Waals surface area contributed by atoms with E-state index in [0.29, 0.717) is 6.61 Å². The predicted molar refractivity (Wildman–Crippen MR) is 49.6 cm³/mol. The standard InChI is InChI=1S/C6H16O3SSi.Na.H/c1-5-6-9-10(7,8)11(2,3)4;;/h5-6H2,1-4H3;;/q;+1;-1. The number of hydrogen-bond donors (Lipinski definition) is 0. The summed E-state index contributed by atoms with van der Waals surface area (Å²) in [6.07, 6.45) is 0.740. The molecule has 0 saturated carbocycles. The molecule has 0 aromatic heterocycles. The molecule has 0 aliphatic carbocycles. The molecular weight excluding hydrogens is 203 g/mol. The van der Waals surface area contributed by atoms with Crippen LogP contribution in [0.1, 0.15) is 14.8 Å². The summed E-state index contributed by atoms with van der Waals surface area (Å²) in [5.41, 5.74) is 0. The molecule has 0 fully saturated rings. The van der Waals surface area contributed by atoms with Gasteiger partial charge in [0.2, 0.25) is 16.8 Å². The van der Waals surface area contributed by atoms with Crippen molar-refractivity contribution in [2.45, 2.75) is 33.0 Å². The van der Waals surface area contributed by atoms with E-state index >= 15 is 0 Å². The zero-order valence-electron chi connectivity index (χ0n) is 9.55. The minimum atomic E-state index is -3.22. The Labute approximate surface area is 99.4 Å². The zero-order chi connectivity index (χ0) is 9.12. The first-order valence-corrected chi connectivity index (χ1v) is 9.33. The Balaban J connectivity index is -0.000000500. The van der Waals surface area contributed by atoms with Crippen molar-refractivity contribution in [3.63, 3.8) is 0 Å². The third-order valence-electron chi connectivity index (χ3n) is 1.19. The zero-order valence-corrected chi connectivity index (χ0v) is 12.4. The molecule has 12 heavy (non-hydrogen) atoms. The third kappa shape index (κ3) is 4.99. The first-order chi connectivity index (χ1) is 4.81. The Morgan fingerprint density at radius 3 is 2.00 bits per heavy atom. The van der Waals surface area contributed by atoms with Crippen LogP contribution >= 0.6 is 0 Å². The molecule has 0 bridgehead atoms. The normalized spacial score (nSPS) is 12.3. The summed E-state index contributed by atoms with van der Waals surface area (Å²) in [5, 5.41) is 0. The maximum atomic E-state index is 11.3. The van der Waals surface area contributed by atoms with Crippen LogP contribution in [0.4, 0.5) is 0 Å². The van der Waals surface area contributed by atoms with Gasteiger partial charge in [-0.1, -0.05) is 26.6 Å². The Bertz CT molecular complexity index is 212. The van der Waals surface area contributed by atoms with Crippen molar-refractivity contribution in [1.82, 2.24) is 0 Å². The molecule has 0 rings (SSSR count). The third-order valence-corrected chi connectivity index (χ3v) is 8.02. The molecule has 0 unspecified atom stereocenters. The maximum absolute atomic E-state index is 11.3. The molecule has 0 saturated heterocycles. The monoisotopic (exact) mass is 220 g/mol. The van der Waals surface area contributed by atoms with Gasteiger partial charge in [0.1, 0.15) is 0 Å². The molecule has 6 heteroatoms. The van der Waals surface area contributed by atoms with Crippen LogP contribution in [-0.4, -0.2) is 22.2 Å². The van der Waals surface area contributed by atoms with E-state index in [9.17, 15) is 8.42 Å². The van der Waals surface area contributed by atoms with Gasteiger partial charge >= 0.3 is 29.6 Å². The van der Waals surface area contributed by atoms with Gasteiger partial charge in [0, 0.05) is 0 Å². The largest absolute Gasteiger partial charge is 1.00 e. The summed E-state index contributed by atoms with van der Waals surface area (Å²) in [7, 11) is -5.39. The van der Waals surface area contributed by atoms with Crippen molar-refractivity contribution in [1.29, 1.82) is 0 Å². The van der Waals surface area contributed by atoms with Crippen LogP contribution < -0.4 is 29.6 Å². The van der Waals surface area contributed by atoms with E-state index in [1.807, 2.05) is 6.92 Å². The molecule has 0 atom stereocenters. The van der Waals surface area contributed by atoms with Gasteiger partial charge in [-0.3, -0.25) is 4.18 Å². The Hall–Kier alpha value is 1.13. The Morgan fingerprint density at radius 1 is 1.33 bits per heavy atom. The minimum absolute atomic E-state index is 0. The molecule has 0 spiro atoms. The maximum Gasteiger partial charge on any atom is 1.00 e. The minimum Gasteiger partial charge on any atom is -1.00 e. The average Bonchev–Trinajstić information content (AvgIpc) is 1.81. The number of hydrogen-bond acceptors (Lipinski definition) is 3. The van der Waals surface area contributed by atoms with Gasteiger partial charge in [-0.15, -0.1) is 0 Å². The second kappa shape index (κ2) is 5.77. The van der Waals surface area contributed by atoms with Crippen LogP contribution in [0.3, 0.4) is 0 Å². The van der Waals surface area contributed by atoms with Gasteiger partial charge in [0.25, 0.3) is 0 Å².